The molecule has 2 rings (SSSR count). The van der Waals surface area contributed by atoms with Gasteiger partial charge in [0.25, 0.3) is 5.91 Å². The Morgan fingerprint density at radius 3 is 2.72 bits per heavy atom. The third kappa shape index (κ3) is 2.77. The van der Waals surface area contributed by atoms with E-state index in [0.717, 1.165) is 25.7 Å². The van der Waals surface area contributed by atoms with Gasteiger partial charge in [-0.15, -0.1) is 10.2 Å². The van der Waals surface area contributed by atoms with Crippen LogP contribution in [0.5, 0.6) is 0 Å². The molecular formula is C12H13ClN4O. The van der Waals surface area contributed by atoms with Crippen LogP contribution in [-0.2, 0) is 0 Å². The van der Waals surface area contributed by atoms with Crippen LogP contribution in [0.15, 0.2) is 12.1 Å². The lowest BCUT2D eigenvalue weighted by Crippen LogP contribution is -2.39. The van der Waals surface area contributed by atoms with Crippen LogP contribution in [-0.4, -0.2) is 33.6 Å². The maximum atomic E-state index is 12.3. The molecular weight excluding hydrogens is 252 g/mol. The van der Waals surface area contributed by atoms with E-state index >= 15 is 0 Å². The topological polar surface area (TPSA) is 69.9 Å². The molecule has 0 aromatic carbocycles. The maximum absolute atomic E-state index is 12.3. The molecule has 1 amide bonds. The molecule has 0 N–H and O–H groups in total. The molecule has 0 unspecified atom stereocenters. The summed E-state index contributed by atoms with van der Waals surface area (Å²) in [6.07, 6.45) is 4.11. The third-order valence-corrected chi connectivity index (χ3v) is 3.32. The molecule has 1 fully saturated rings. The number of nitrogens with zero attached hydrogens (tertiary/aromatic N) is 4. The molecule has 18 heavy (non-hydrogen) atoms. The minimum atomic E-state index is -0.243. The van der Waals surface area contributed by atoms with Gasteiger partial charge in [-0.05, 0) is 25.0 Å². The number of carbonyl (C=O) groups excluding carboxylic acids is 1. The molecule has 94 valence electrons. The van der Waals surface area contributed by atoms with Crippen LogP contribution in [0.4, 0.5) is 0 Å². The molecule has 1 saturated carbocycles. The largest absolute Gasteiger partial charge is 0.321 e. The lowest BCUT2D eigenvalue weighted by atomic mass is 10.2. The van der Waals surface area contributed by atoms with E-state index in [1.165, 1.54) is 12.1 Å². The minimum absolute atomic E-state index is 0.0911. The van der Waals surface area contributed by atoms with Crippen LogP contribution in [0.1, 0.15) is 36.2 Å². The van der Waals surface area contributed by atoms with E-state index in [1.807, 2.05) is 6.07 Å². The van der Waals surface area contributed by atoms with Crippen LogP contribution in [0.2, 0.25) is 5.15 Å². The smallest absolute Gasteiger partial charge is 0.275 e. The van der Waals surface area contributed by atoms with Crippen LogP contribution in [0.3, 0.4) is 0 Å². The zero-order chi connectivity index (χ0) is 13.0. The van der Waals surface area contributed by atoms with Gasteiger partial charge in [0.05, 0.1) is 6.07 Å². The SMILES string of the molecule is N#CCN(C(=O)c1ccc(Cl)nn1)C1CCCC1. The zero-order valence-corrected chi connectivity index (χ0v) is 10.6. The molecule has 1 heterocycles. The molecule has 1 aliphatic carbocycles. The van der Waals surface area contributed by atoms with Gasteiger partial charge in [0.1, 0.15) is 6.54 Å². The Bertz CT molecular complexity index is 462. The van der Waals surface area contributed by atoms with E-state index in [2.05, 4.69) is 10.2 Å². The molecule has 0 radical (unpaired) electrons. The molecule has 0 atom stereocenters. The second-order valence-electron chi connectivity index (χ2n) is 4.27. The summed E-state index contributed by atoms with van der Waals surface area (Å²) in [6, 6.07) is 5.25. The summed E-state index contributed by atoms with van der Waals surface area (Å²) in [6.45, 7) is 0.0911. The summed E-state index contributed by atoms with van der Waals surface area (Å²) in [7, 11) is 0. The molecule has 0 spiro atoms. The van der Waals surface area contributed by atoms with Gasteiger partial charge >= 0.3 is 0 Å². The molecule has 5 nitrogen and oxygen atoms in total. The van der Waals surface area contributed by atoms with E-state index in [9.17, 15) is 4.79 Å². The highest BCUT2D eigenvalue weighted by molar-refractivity contribution is 6.29. The molecule has 0 bridgehead atoms. The first kappa shape index (κ1) is 12.8. The van der Waals surface area contributed by atoms with Crippen LogP contribution in [0.25, 0.3) is 0 Å². The summed E-state index contributed by atoms with van der Waals surface area (Å²) in [5.74, 6) is -0.243. The van der Waals surface area contributed by atoms with E-state index in [-0.39, 0.29) is 29.3 Å². The molecule has 1 aromatic rings. The number of amides is 1. The van der Waals surface area contributed by atoms with Crippen molar-refractivity contribution in [2.24, 2.45) is 0 Å². The standard InChI is InChI=1S/C12H13ClN4O/c13-11-6-5-10(15-16-11)12(18)17(8-7-14)9-3-1-2-4-9/h5-6,9H,1-4,8H2. The normalized spacial score (nSPS) is 15.3. The second kappa shape index (κ2) is 5.78. The molecule has 1 aromatic heterocycles. The Labute approximate surface area is 110 Å². The van der Waals surface area contributed by atoms with E-state index < -0.39 is 0 Å². The Balaban J connectivity index is 2.17. The van der Waals surface area contributed by atoms with Crippen molar-refractivity contribution in [2.45, 2.75) is 31.7 Å². The van der Waals surface area contributed by atoms with Crippen molar-refractivity contribution in [1.29, 1.82) is 5.26 Å². The summed E-state index contributed by atoms with van der Waals surface area (Å²) < 4.78 is 0. The lowest BCUT2D eigenvalue weighted by Gasteiger charge is -2.25. The van der Waals surface area contributed by atoms with Crippen molar-refractivity contribution in [1.82, 2.24) is 15.1 Å². The minimum Gasteiger partial charge on any atom is -0.321 e. The lowest BCUT2D eigenvalue weighted by molar-refractivity contribution is 0.0702. The molecule has 6 heteroatoms. The number of rotatable bonds is 3. The average Bonchev–Trinajstić information content (AvgIpc) is 2.90. The summed E-state index contributed by atoms with van der Waals surface area (Å²) >= 11 is 5.63. The third-order valence-electron chi connectivity index (χ3n) is 3.12. The highest BCUT2D eigenvalue weighted by Crippen LogP contribution is 2.24. The first-order chi connectivity index (χ1) is 8.72. The molecule has 1 aliphatic rings. The Morgan fingerprint density at radius 2 is 2.17 bits per heavy atom. The van der Waals surface area contributed by atoms with Crippen molar-refractivity contribution < 1.29 is 4.79 Å². The van der Waals surface area contributed by atoms with Gasteiger partial charge in [0, 0.05) is 6.04 Å². The zero-order valence-electron chi connectivity index (χ0n) is 9.84. The van der Waals surface area contributed by atoms with Crippen molar-refractivity contribution >= 4 is 17.5 Å². The van der Waals surface area contributed by atoms with Gasteiger partial charge in [-0.25, -0.2) is 0 Å². The van der Waals surface area contributed by atoms with Crippen molar-refractivity contribution in [3.63, 3.8) is 0 Å². The number of hydrogen-bond acceptors (Lipinski definition) is 4. The first-order valence-corrected chi connectivity index (χ1v) is 6.27. The number of aromatic nitrogens is 2. The summed E-state index contributed by atoms with van der Waals surface area (Å²) in [5.41, 5.74) is 0.238. The molecule has 0 saturated heterocycles. The number of carbonyl (C=O) groups is 1. The number of halogens is 1. The summed E-state index contributed by atoms with van der Waals surface area (Å²) in [5, 5.41) is 16.5. The van der Waals surface area contributed by atoms with Crippen LogP contribution >= 0.6 is 11.6 Å². The van der Waals surface area contributed by atoms with Gasteiger partial charge in [-0.1, -0.05) is 24.4 Å². The Hall–Kier alpha value is -1.67. The fraction of sp³-hybridized carbons (Fsp3) is 0.500. The van der Waals surface area contributed by atoms with Crippen LogP contribution < -0.4 is 0 Å². The van der Waals surface area contributed by atoms with E-state index in [0.29, 0.717) is 0 Å². The quantitative estimate of drug-likeness (QED) is 0.784. The highest BCUT2D eigenvalue weighted by atomic mass is 35.5. The van der Waals surface area contributed by atoms with Gasteiger partial charge in [0.15, 0.2) is 10.8 Å². The molecule has 0 aliphatic heterocycles. The van der Waals surface area contributed by atoms with Gasteiger partial charge < -0.3 is 4.90 Å². The Kier molecular flexibility index (Phi) is 4.11. The maximum Gasteiger partial charge on any atom is 0.275 e. The predicted molar refractivity (Wildman–Crippen MR) is 65.9 cm³/mol. The van der Waals surface area contributed by atoms with Crippen molar-refractivity contribution in [3.8, 4) is 6.07 Å². The highest BCUT2D eigenvalue weighted by Gasteiger charge is 2.28. The van der Waals surface area contributed by atoms with E-state index in [4.69, 9.17) is 16.9 Å². The number of nitriles is 1. The van der Waals surface area contributed by atoms with Crippen molar-refractivity contribution in [3.05, 3.63) is 23.0 Å². The second-order valence-corrected chi connectivity index (χ2v) is 4.66. The van der Waals surface area contributed by atoms with E-state index in [1.54, 1.807) is 4.90 Å². The summed E-state index contributed by atoms with van der Waals surface area (Å²) in [4.78, 5) is 13.9. The first-order valence-electron chi connectivity index (χ1n) is 5.89. The predicted octanol–water partition coefficient (Wildman–Crippen LogP) is 2.04. The monoisotopic (exact) mass is 264 g/mol. The van der Waals surface area contributed by atoms with Gasteiger partial charge in [-0.3, -0.25) is 4.79 Å². The fourth-order valence-electron chi connectivity index (χ4n) is 2.24. The van der Waals surface area contributed by atoms with Crippen molar-refractivity contribution in [2.75, 3.05) is 6.54 Å². The van der Waals surface area contributed by atoms with Gasteiger partial charge in [0.2, 0.25) is 0 Å². The fourth-order valence-corrected chi connectivity index (χ4v) is 2.34. The number of hydrogen-bond donors (Lipinski definition) is 0. The van der Waals surface area contributed by atoms with Crippen LogP contribution in [0, 0.1) is 11.3 Å². The average molecular weight is 265 g/mol. The van der Waals surface area contributed by atoms with Gasteiger partial charge in [-0.2, -0.15) is 5.26 Å². The Morgan fingerprint density at radius 1 is 1.44 bits per heavy atom.